The summed E-state index contributed by atoms with van der Waals surface area (Å²) in [4.78, 5) is 25.3. The molecule has 2 N–H and O–H groups in total. The molecule has 0 aliphatic heterocycles. The van der Waals surface area contributed by atoms with Gasteiger partial charge in [-0.2, -0.15) is 5.10 Å². The topological polar surface area (TPSA) is 114 Å². The second-order valence-corrected chi connectivity index (χ2v) is 3.86. The lowest BCUT2D eigenvalue weighted by Crippen LogP contribution is -2.26. The fourth-order valence-electron chi connectivity index (χ4n) is 1.54. The molecule has 0 bridgehead atoms. The second-order valence-electron chi connectivity index (χ2n) is 3.86. The summed E-state index contributed by atoms with van der Waals surface area (Å²) in [6, 6.07) is 2.87. The molecule has 2 aromatic rings. The van der Waals surface area contributed by atoms with Crippen LogP contribution in [0.4, 0.5) is 10.1 Å². The highest BCUT2D eigenvalue weighted by atomic mass is 19.1. The molecule has 1 aromatic carbocycles. The lowest BCUT2D eigenvalue weighted by Gasteiger charge is -2.04. The molecule has 0 fully saturated rings. The van der Waals surface area contributed by atoms with Gasteiger partial charge >= 0.3 is 0 Å². The minimum atomic E-state index is -0.934. The van der Waals surface area contributed by atoms with E-state index >= 15 is 0 Å². The average molecular weight is 279 g/mol. The Morgan fingerprint density at radius 1 is 1.50 bits per heavy atom. The van der Waals surface area contributed by atoms with Crippen LogP contribution in [0.3, 0.4) is 0 Å². The summed E-state index contributed by atoms with van der Waals surface area (Å²) in [7, 11) is 0. The number of aromatic amines is 1. The molecule has 0 saturated heterocycles. The van der Waals surface area contributed by atoms with E-state index < -0.39 is 22.3 Å². The lowest BCUT2D eigenvalue weighted by molar-refractivity contribution is -0.385. The summed E-state index contributed by atoms with van der Waals surface area (Å²) in [5, 5.41) is 19.2. The average Bonchev–Trinajstić information content (AvgIpc) is 2.91. The molecule has 0 unspecified atom stereocenters. The number of nitrogens with zero attached hydrogens (tertiary/aromatic N) is 3. The van der Waals surface area contributed by atoms with Crippen molar-refractivity contribution in [3.63, 3.8) is 0 Å². The Balaban J connectivity index is 1.97. The number of rotatable bonds is 5. The van der Waals surface area contributed by atoms with Gasteiger partial charge in [-0.25, -0.2) is 9.37 Å². The molecule has 1 amide bonds. The van der Waals surface area contributed by atoms with Crippen LogP contribution in [0.25, 0.3) is 0 Å². The van der Waals surface area contributed by atoms with Gasteiger partial charge in [0.1, 0.15) is 18.0 Å². The van der Waals surface area contributed by atoms with Crippen LogP contribution in [0.15, 0.2) is 24.5 Å². The maximum Gasteiger partial charge on any atom is 0.272 e. The van der Waals surface area contributed by atoms with Gasteiger partial charge in [-0.1, -0.05) is 0 Å². The third kappa shape index (κ3) is 3.13. The van der Waals surface area contributed by atoms with Gasteiger partial charge in [-0.3, -0.25) is 20.0 Å². The van der Waals surface area contributed by atoms with E-state index in [1.165, 1.54) is 6.33 Å². The van der Waals surface area contributed by atoms with Gasteiger partial charge < -0.3 is 5.32 Å². The van der Waals surface area contributed by atoms with Crippen LogP contribution in [-0.2, 0) is 6.42 Å². The molecule has 0 radical (unpaired) electrons. The lowest BCUT2D eigenvalue weighted by atomic mass is 10.2. The minimum absolute atomic E-state index is 0.241. The van der Waals surface area contributed by atoms with E-state index in [-0.39, 0.29) is 12.1 Å². The Morgan fingerprint density at radius 2 is 2.30 bits per heavy atom. The number of non-ortho nitro benzene ring substituents is 1. The number of nitrogens with one attached hydrogen (secondary N) is 2. The zero-order chi connectivity index (χ0) is 14.5. The maximum atomic E-state index is 13.6. The van der Waals surface area contributed by atoms with E-state index in [0.717, 1.165) is 12.1 Å². The zero-order valence-electron chi connectivity index (χ0n) is 10.2. The first-order valence-electron chi connectivity index (χ1n) is 5.64. The van der Waals surface area contributed by atoms with Crippen molar-refractivity contribution >= 4 is 11.6 Å². The zero-order valence-corrected chi connectivity index (χ0v) is 10.2. The summed E-state index contributed by atoms with van der Waals surface area (Å²) >= 11 is 0. The van der Waals surface area contributed by atoms with E-state index in [4.69, 9.17) is 0 Å². The van der Waals surface area contributed by atoms with Gasteiger partial charge in [0.2, 0.25) is 0 Å². The predicted octanol–water partition coefficient (Wildman–Crippen LogP) is 0.824. The SMILES string of the molecule is O=C(NCCc1ncn[nH]1)c1ccc([N+](=O)[O-])cc1F. The number of hydrogen-bond donors (Lipinski definition) is 2. The van der Waals surface area contributed by atoms with Gasteiger partial charge in [0, 0.05) is 19.0 Å². The number of carbonyl (C=O) groups is 1. The molecule has 8 nitrogen and oxygen atoms in total. The highest BCUT2D eigenvalue weighted by Gasteiger charge is 2.15. The molecule has 1 heterocycles. The molecule has 0 spiro atoms. The number of benzene rings is 1. The monoisotopic (exact) mass is 279 g/mol. The van der Waals surface area contributed by atoms with Gasteiger partial charge in [0.15, 0.2) is 0 Å². The maximum absolute atomic E-state index is 13.6. The normalized spacial score (nSPS) is 10.2. The fourth-order valence-corrected chi connectivity index (χ4v) is 1.54. The van der Waals surface area contributed by atoms with Gasteiger partial charge in [-0.15, -0.1) is 0 Å². The summed E-state index contributed by atoms with van der Waals surface area (Å²) in [6.07, 6.45) is 1.76. The van der Waals surface area contributed by atoms with Crippen LogP contribution in [0, 0.1) is 15.9 Å². The number of H-pyrrole nitrogens is 1. The Bertz CT molecular complexity index is 629. The smallest absolute Gasteiger partial charge is 0.272 e. The van der Waals surface area contributed by atoms with Crippen molar-refractivity contribution in [2.24, 2.45) is 0 Å². The van der Waals surface area contributed by atoms with Crippen molar-refractivity contribution < 1.29 is 14.1 Å². The van der Waals surface area contributed by atoms with Crippen LogP contribution in [-0.4, -0.2) is 32.6 Å². The molecule has 2 rings (SSSR count). The van der Waals surface area contributed by atoms with Crippen molar-refractivity contribution in [3.05, 3.63) is 51.8 Å². The molecule has 20 heavy (non-hydrogen) atoms. The number of amides is 1. The van der Waals surface area contributed by atoms with Crippen molar-refractivity contribution in [3.8, 4) is 0 Å². The van der Waals surface area contributed by atoms with Crippen LogP contribution < -0.4 is 5.32 Å². The summed E-state index contributed by atoms with van der Waals surface area (Å²) in [6.45, 7) is 0.241. The van der Waals surface area contributed by atoms with Gasteiger partial charge in [0.05, 0.1) is 16.6 Å². The van der Waals surface area contributed by atoms with Crippen molar-refractivity contribution in [1.82, 2.24) is 20.5 Å². The molecule has 0 atom stereocenters. The predicted molar refractivity (Wildman–Crippen MR) is 65.5 cm³/mol. The first-order chi connectivity index (χ1) is 9.58. The molecule has 104 valence electrons. The molecule has 0 saturated carbocycles. The van der Waals surface area contributed by atoms with E-state index in [2.05, 4.69) is 20.5 Å². The van der Waals surface area contributed by atoms with E-state index in [9.17, 15) is 19.3 Å². The third-order valence-corrected chi connectivity index (χ3v) is 2.52. The summed E-state index contributed by atoms with van der Waals surface area (Å²) in [5.41, 5.74) is -0.645. The first kappa shape index (κ1) is 13.6. The van der Waals surface area contributed by atoms with E-state index in [0.29, 0.717) is 18.3 Å². The standard InChI is InChI=1S/C11H10FN5O3/c12-9-5-7(17(19)20)1-2-8(9)11(18)13-4-3-10-14-6-15-16-10/h1-2,5-6H,3-4H2,(H,13,18)(H,14,15,16). The van der Waals surface area contributed by atoms with Crippen LogP contribution in [0.5, 0.6) is 0 Å². The Morgan fingerprint density at radius 3 is 2.90 bits per heavy atom. The Hall–Kier alpha value is -2.84. The highest BCUT2D eigenvalue weighted by Crippen LogP contribution is 2.16. The summed E-state index contributed by atoms with van der Waals surface area (Å²) < 4.78 is 13.6. The summed E-state index contributed by atoms with van der Waals surface area (Å²) in [5.74, 6) is -0.984. The number of nitro benzene ring substituents is 1. The van der Waals surface area contributed by atoms with E-state index in [1.807, 2.05) is 0 Å². The molecule has 1 aromatic heterocycles. The molecule has 0 aliphatic carbocycles. The minimum Gasteiger partial charge on any atom is -0.351 e. The van der Waals surface area contributed by atoms with Crippen LogP contribution in [0.2, 0.25) is 0 Å². The Labute approximate surface area is 112 Å². The van der Waals surface area contributed by atoms with Gasteiger partial charge in [0.25, 0.3) is 11.6 Å². The van der Waals surface area contributed by atoms with E-state index in [1.54, 1.807) is 0 Å². The quantitative estimate of drug-likeness (QED) is 0.621. The molecular weight excluding hydrogens is 269 g/mol. The third-order valence-electron chi connectivity index (χ3n) is 2.52. The fraction of sp³-hybridized carbons (Fsp3) is 0.182. The Kier molecular flexibility index (Phi) is 3.99. The largest absolute Gasteiger partial charge is 0.351 e. The molecule has 9 heteroatoms. The molecule has 0 aliphatic rings. The van der Waals surface area contributed by atoms with Crippen LogP contribution in [0.1, 0.15) is 16.2 Å². The number of hydrogen-bond acceptors (Lipinski definition) is 5. The van der Waals surface area contributed by atoms with Crippen molar-refractivity contribution in [2.75, 3.05) is 6.54 Å². The van der Waals surface area contributed by atoms with Crippen LogP contribution >= 0.6 is 0 Å². The van der Waals surface area contributed by atoms with Gasteiger partial charge in [-0.05, 0) is 6.07 Å². The number of nitro groups is 1. The molecular formula is C11H10FN5O3. The second kappa shape index (κ2) is 5.87. The van der Waals surface area contributed by atoms with Crippen molar-refractivity contribution in [2.45, 2.75) is 6.42 Å². The highest BCUT2D eigenvalue weighted by molar-refractivity contribution is 5.94. The number of carbonyl (C=O) groups excluding carboxylic acids is 1. The number of aromatic nitrogens is 3. The van der Waals surface area contributed by atoms with Crippen molar-refractivity contribution in [1.29, 1.82) is 0 Å². The first-order valence-corrected chi connectivity index (χ1v) is 5.64. The number of halogens is 1.